The van der Waals surface area contributed by atoms with Crippen LogP contribution in [-0.4, -0.2) is 27.9 Å². The zero-order valence-corrected chi connectivity index (χ0v) is 9.69. The third-order valence-electron chi connectivity index (χ3n) is 2.83. The SMILES string of the molecule is CC(Cl)CC1CCCN1c1ccncn1. The molecule has 2 heterocycles. The predicted octanol–water partition coefficient (Wildman–Crippen LogP) is 2.46. The van der Waals surface area contributed by atoms with Gasteiger partial charge >= 0.3 is 0 Å². The molecule has 82 valence electrons. The summed E-state index contributed by atoms with van der Waals surface area (Å²) >= 11 is 6.05. The monoisotopic (exact) mass is 225 g/mol. The number of hydrogen-bond donors (Lipinski definition) is 0. The van der Waals surface area contributed by atoms with E-state index in [1.54, 1.807) is 12.5 Å². The van der Waals surface area contributed by atoms with Crippen molar-refractivity contribution in [3.63, 3.8) is 0 Å². The molecule has 2 unspecified atom stereocenters. The lowest BCUT2D eigenvalue weighted by atomic mass is 10.1. The van der Waals surface area contributed by atoms with Crippen LogP contribution in [0, 0.1) is 0 Å². The highest BCUT2D eigenvalue weighted by atomic mass is 35.5. The van der Waals surface area contributed by atoms with Crippen molar-refractivity contribution in [1.29, 1.82) is 0 Å². The lowest BCUT2D eigenvalue weighted by Crippen LogP contribution is -2.31. The van der Waals surface area contributed by atoms with Gasteiger partial charge in [-0.15, -0.1) is 11.6 Å². The second kappa shape index (κ2) is 4.79. The molecule has 0 aromatic carbocycles. The van der Waals surface area contributed by atoms with Gasteiger partial charge in [-0.05, 0) is 32.3 Å². The summed E-state index contributed by atoms with van der Waals surface area (Å²) in [5.74, 6) is 1.03. The highest BCUT2D eigenvalue weighted by molar-refractivity contribution is 6.20. The maximum Gasteiger partial charge on any atom is 0.132 e. The van der Waals surface area contributed by atoms with Crippen LogP contribution < -0.4 is 4.90 Å². The molecule has 2 atom stereocenters. The minimum absolute atomic E-state index is 0.234. The van der Waals surface area contributed by atoms with Crippen LogP contribution in [0.15, 0.2) is 18.6 Å². The molecule has 0 saturated carbocycles. The minimum Gasteiger partial charge on any atom is -0.353 e. The van der Waals surface area contributed by atoms with Crippen molar-refractivity contribution in [3.8, 4) is 0 Å². The Kier molecular flexibility index (Phi) is 3.41. The first-order chi connectivity index (χ1) is 7.27. The quantitative estimate of drug-likeness (QED) is 0.740. The van der Waals surface area contributed by atoms with Crippen LogP contribution in [0.25, 0.3) is 0 Å². The van der Waals surface area contributed by atoms with Crippen LogP contribution >= 0.6 is 11.6 Å². The third-order valence-corrected chi connectivity index (χ3v) is 3.01. The summed E-state index contributed by atoms with van der Waals surface area (Å²) in [7, 11) is 0. The molecule has 15 heavy (non-hydrogen) atoms. The van der Waals surface area contributed by atoms with E-state index in [-0.39, 0.29) is 5.38 Å². The molecule has 1 aliphatic rings. The Morgan fingerprint density at radius 2 is 2.53 bits per heavy atom. The maximum absolute atomic E-state index is 6.05. The first-order valence-electron chi connectivity index (χ1n) is 5.44. The summed E-state index contributed by atoms with van der Waals surface area (Å²) in [6.45, 7) is 3.14. The number of nitrogens with zero attached hydrogens (tertiary/aromatic N) is 3. The fraction of sp³-hybridized carbons (Fsp3) is 0.636. The van der Waals surface area contributed by atoms with Gasteiger partial charge in [0, 0.05) is 24.2 Å². The van der Waals surface area contributed by atoms with E-state index < -0.39 is 0 Å². The highest BCUT2D eigenvalue weighted by Crippen LogP contribution is 2.26. The summed E-state index contributed by atoms with van der Waals surface area (Å²) < 4.78 is 0. The number of halogens is 1. The molecular weight excluding hydrogens is 210 g/mol. The normalized spacial score (nSPS) is 23.1. The second-order valence-electron chi connectivity index (χ2n) is 4.07. The Morgan fingerprint density at radius 1 is 1.67 bits per heavy atom. The van der Waals surface area contributed by atoms with Crippen LogP contribution in [0.5, 0.6) is 0 Å². The van der Waals surface area contributed by atoms with Crippen LogP contribution in [0.3, 0.4) is 0 Å². The van der Waals surface area contributed by atoms with Gasteiger partial charge in [0.15, 0.2) is 0 Å². The Morgan fingerprint density at radius 3 is 3.20 bits per heavy atom. The van der Waals surface area contributed by atoms with E-state index in [0.29, 0.717) is 6.04 Å². The highest BCUT2D eigenvalue weighted by Gasteiger charge is 2.26. The van der Waals surface area contributed by atoms with Crippen LogP contribution in [0.4, 0.5) is 5.82 Å². The van der Waals surface area contributed by atoms with Gasteiger partial charge in [-0.2, -0.15) is 0 Å². The Balaban J connectivity index is 2.08. The maximum atomic E-state index is 6.05. The van der Waals surface area contributed by atoms with Crippen molar-refractivity contribution in [2.45, 2.75) is 37.6 Å². The van der Waals surface area contributed by atoms with Crippen molar-refractivity contribution in [2.24, 2.45) is 0 Å². The molecule has 1 aromatic rings. The van der Waals surface area contributed by atoms with Crippen molar-refractivity contribution in [3.05, 3.63) is 18.6 Å². The molecule has 0 bridgehead atoms. The van der Waals surface area contributed by atoms with Gasteiger partial charge < -0.3 is 4.90 Å². The van der Waals surface area contributed by atoms with Gasteiger partial charge in [-0.1, -0.05) is 0 Å². The Bertz CT molecular complexity index is 302. The van der Waals surface area contributed by atoms with Crippen molar-refractivity contribution in [2.75, 3.05) is 11.4 Å². The summed E-state index contributed by atoms with van der Waals surface area (Å²) in [6.07, 6.45) is 6.89. The van der Waals surface area contributed by atoms with Crippen molar-refractivity contribution in [1.82, 2.24) is 9.97 Å². The molecular formula is C11H16ClN3. The van der Waals surface area contributed by atoms with Crippen molar-refractivity contribution < 1.29 is 0 Å². The van der Waals surface area contributed by atoms with Crippen LogP contribution in [0.1, 0.15) is 26.2 Å². The molecule has 1 aromatic heterocycles. The van der Waals surface area contributed by atoms with E-state index in [2.05, 4.69) is 21.8 Å². The number of alkyl halides is 1. The van der Waals surface area contributed by atoms with Gasteiger partial charge in [0.2, 0.25) is 0 Å². The van der Waals surface area contributed by atoms with E-state index >= 15 is 0 Å². The zero-order valence-electron chi connectivity index (χ0n) is 8.93. The number of hydrogen-bond acceptors (Lipinski definition) is 3. The summed E-state index contributed by atoms with van der Waals surface area (Å²) in [4.78, 5) is 10.6. The van der Waals surface area contributed by atoms with Gasteiger partial charge in [0.25, 0.3) is 0 Å². The Labute approximate surface area is 95.5 Å². The van der Waals surface area contributed by atoms with E-state index in [0.717, 1.165) is 18.8 Å². The number of anilines is 1. The van der Waals surface area contributed by atoms with Gasteiger partial charge in [-0.3, -0.25) is 0 Å². The molecule has 0 N–H and O–H groups in total. The first kappa shape index (κ1) is 10.7. The van der Waals surface area contributed by atoms with Gasteiger partial charge in [0.05, 0.1) is 0 Å². The van der Waals surface area contributed by atoms with Gasteiger partial charge in [0.1, 0.15) is 12.1 Å². The topological polar surface area (TPSA) is 29.0 Å². The van der Waals surface area contributed by atoms with E-state index in [9.17, 15) is 0 Å². The van der Waals surface area contributed by atoms with Crippen LogP contribution in [-0.2, 0) is 0 Å². The molecule has 1 aliphatic heterocycles. The molecule has 0 radical (unpaired) electrons. The second-order valence-corrected chi connectivity index (χ2v) is 4.82. The molecule has 0 spiro atoms. The minimum atomic E-state index is 0.234. The molecule has 3 nitrogen and oxygen atoms in total. The number of aromatic nitrogens is 2. The number of rotatable bonds is 3. The van der Waals surface area contributed by atoms with E-state index in [4.69, 9.17) is 11.6 Å². The summed E-state index contributed by atoms with van der Waals surface area (Å²) in [6, 6.07) is 2.52. The molecule has 2 rings (SSSR count). The van der Waals surface area contributed by atoms with Crippen LogP contribution in [0.2, 0.25) is 0 Å². The molecule has 1 fully saturated rings. The lowest BCUT2D eigenvalue weighted by Gasteiger charge is -2.26. The van der Waals surface area contributed by atoms with Gasteiger partial charge in [-0.25, -0.2) is 9.97 Å². The predicted molar refractivity (Wildman–Crippen MR) is 62.3 cm³/mol. The van der Waals surface area contributed by atoms with E-state index in [1.165, 1.54) is 12.8 Å². The molecule has 4 heteroatoms. The molecule has 0 amide bonds. The fourth-order valence-electron chi connectivity index (χ4n) is 2.21. The fourth-order valence-corrected chi connectivity index (χ4v) is 2.42. The molecule has 0 aliphatic carbocycles. The van der Waals surface area contributed by atoms with E-state index in [1.807, 2.05) is 6.07 Å². The largest absolute Gasteiger partial charge is 0.353 e. The summed E-state index contributed by atoms with van der Waals surface area (Å²) in [5.41, 5.74) is 0. The standard InChI is InChI=1S/C11H16ClN3/c1-9(12)7-10-3-2-6-15(10)11-4-5-13-8-14-11/h4-5,8-10H,2-3,6-7H2,1H3. The molecule has 1 saturated heterocycles. The zero-order chi connectivity index (χ0) is 10.7. The average molecular weight is 226 g/mol. The third kappa shape index (κ3) is 2.59. The average Bonchev–Trinajstić information content (AvgIpc) is 2.66. The lowest BCUT2D eigenvalue weighted by molar-refractivity contribution is 0.600. The smallest absolute Gasteiger partial charge is 0.132 e. The summed E-state index contributed by atoms with van der Waals surface area (Å²) in [5, 5.41) is 0.234. The van der Waals surface area contributed by atoms with Crippen molar-refractivity contribution >= 4 is 17.4 Å². The first-order valence-corrected chi connectivity index (χ1v) is 5.87. The Hall–Kier alpha value is -0.830.